The Morgan fingerprint density at radius 3 is 2.95 bits per heavy atom. The monoisotopic (exact) mass is 266 g/mol. The summed E-state index contributed by atoms with van der Waals surface area (Å²) in [6.07, 6.45) is 3.40. The largest absolute Gasteiger partial charge is 0.508 e. The standard InChI is InChI=1S/C15H23FN2O/c1-11(14-10-12(16)5-6-15(14)19)18(2)13-4-3-8-17-9-7-13/h5-6,10-11,13,17,19H,3-4,7-9H2,1-2H3. The van der Waals surface area contributed by atoms with Gasteiger partial charge in [-0.1, -0.05) is 0 Å². The number of aromatic hydroxyl groups is 1. The fraction of sp³-hybridized carbons (Fsp3) is 0.600. The molecule has 0 aliphatic carbocycles. The molecule has 1 fully saturated rings. The molecule has 1 aliphatic rings. The van der Waals surface area contributed by atoms with Crippen LogP contribution in [0.3, 0.4) is 0 Å². The molecule has 1 aliphatic heterocycles. The van der Waals surface area contributed by atoms with Gasteiger partial charge >= 0.3 is 0 Å². The molecule has 3 nitrogen and oxygen atoms in total. The summed E-state index contributed by atoms with van der Waals surface area (Å²) in [4.78, 5) is 2.25. The second-order valence-corrected chi connectivity index (χ2v) is 5.38. The van der Waals surface area contributed by atoms with Gasteiger partial charge in [0.15, 0.2) is 0 Å². The van der Waals surface area contributed by atoms with Gasteiger partial charge in [-0.25, -0.2) is 4.39 Å². The maximum atomic E-state index is 13.3. The molecule has 4 heteroatoms. The third-order valence-electron chi connectivity index (χ3n) is 4.17. The van der Waals surface area contributed by atoms with Gasteiger partial charge in [0, 0.05) is 17.6 Å². The van der Waals surface area contributed by atoms with E-state index in [1.165, 1.54) is 18.2 Å². The normalized spacial score (nSPS) is 22.2. The van der Waals surface area contributed by atoms with Crippen molar-refractivity contribution in [3.63, 3.8) is 0 Å². The molecule has 19 heavy (non-hydrogen) atoms. The lowest BCUT2D eigenvalue weighted by molar-refractivity contribution is 0.168. The van der Waals surface area contributed by atoms with Gasteiger partial charge in [-0.15, -0.1) is 0 Å². The molecule has 1 heterocycles. The van der Waals surface area contributed by atoms with Gasteiger partial charge in [0.05, 0.1) is 0 Å². The molecule has 0 aromatic heterocycles. The van der Waals surface area contributed by atoms with Crippen molar-refractivity contribution in [3.8, 4) is 5.75 Å². The Morgan fingerprint density at radius 1 is 1.37 bits per heavy atom. The van der Waals surface area contributed by atoms with Crippen LogP contribution in [0, 0.1) is 5.82 Å². The predicted octanol–water partition coefficient (Wildman–Crippen LogP) is 2.67. The van der Waals surface area contributed by atoms with Gasteiger partial charge in [-0.05, 0) is 64.5 Å². The molecular weight excluding hydrogens is 243 g/mol. The van der Waals surface area contributed by atoms with Crippen molar-refractivity contribution < 1.29 is 9.50 Å². The smallest absolute Gasteiger partial charge is 0.123 e. The van der Waals surface area contributed by atoms with Crippen LogP contribution in [-0.2, 0) is 0 Å². The highest BCUT2D eigenvalue weighted by Crippen LogP contribution is 2.31. The minimum atomic E-state index is -0.296. The van der Waals surface area contributed by atoms with Gasteiger partial charge in [-0.2, -0.15) is 0 Å². The van der Waals surface area contributed by atoms with E-state index in [4.69, 9.17) is 0 Å². The summed E-state index contributed by atoms with van der Waals surface area (Å²) in [6.45, 7) is 4.12. The Hall–Kier alpha value is -1.13. The number of hydrogen-bond donors (Lipinski definition) is 2. The first-order chi connectivity index (χ1) is 9.09. The van der Waals surface area contributed by atoms with Crippen LogP contribution in [-0.4, -0.2) is 36.2 Å². The van der Waals surface area contributed by atoms with Crippen molar-refractivity contribution in [1.82, 2.24) is 10.2 Å². The highest BCUT2D eigenvalue weighted by molar-refractivity contribution is 5.35. The average Bonchev–Trinajstić information content (AvgIpc) is 2.69. The number of rotatable bonds is 3. The molecule has 0 amide bonds. The van der Waals surface area contributed by atoms with Crippen LogP contribution in [0.4, 0.5) is 4.39 Å². The van der Waals surface area contributed by atoms with Crippen LogP contribution < -0.4 is 5.32 Å². The van der Waals surface area contributed by atoms with Crippen LogP contribution in [0.1, 0.15) is 37.8 Å². The quantitative estimate of drug-likeness (QED) is 0.883. The molecule has 1 aromatic carbocycles. The lowest BCUT2D eigenvalue weighted by Crippen LogP contribution is -2.34. The zero-order valence-electron chi connectivity index (χ0n) is 11.7. The van der Waals surface area contributed by atoms with E-state index in [-0.39, 0.29) is 17.6 Å². The van der Waals surface area contributed by atoms with Crippen molar-refractivity contribution in [1.29, 1.82) is 0 Å². The molecule has 0 saturated carbocycles. The second-order valence-electron chi connectivity index (χ2n) is 5.38. The summed E-state index contributed by atoms with van der Waals surface area (Å²) in [5, 5.41) is 13.3. The first-order valence-electron chi connectivity index (χ1n) is 7.00. The Kier molecular flexibility index (Phi) is 4.77. The van der Waals surface area contributed by atoms with Crippen LogP contribution in [0.15, 0.2) is 18.2 Å². The molecule has 2 unspecified atom stereocenters. The molecule has 106 valence electrons. The molecule has 0 bridgehead atoms. The summed E-state index contributed by atoms with van der Waals surface area (Å²) < 4.78 is 13.3. The van der Waals surface area contributed by atoms with Gasteiger partial charge in [-0.3, -0.25) is 4.90 Å². The van der Waals surface area contributed by atoms with Crippen molar-refractivity contribution in [2.24, 2.45) is 0 Å². The average molecular weight is 266 g/mol. The van der Waals surface area contributed by atoms with E-state index in [2.05, 4.69) is 17.3 Å². The molecule has 2 atom stereocenters. The fourth-order valence-electron chi connectivity index (χ4n) is 2.80. The van der Waals surface area contributed by atoms with E-state index in [0.29, 0.717) is 11.6 Å². The van der Waals surface area contributed by atoms with Crippen LogP contribution in [0.25, 0.3) is 0 Å². The Bertz CT molecular complexity index is 417. The Balaban J connectivity index is 2.12. The lowest BCUT2D eigenvalue weighted by Gasteiger charge is -2.33. The van der Waals surface area contributed by atoms with E-state index in [9.17, 15) is 9.50 Å². The Labute approximate surface area is 114 Å². The van der Waals surface area contributed by atoms with E-state index in [0.717, 1.165) is 32.4 Å². The summed E-state index contributed by atoms with van der Waals surface area (Å²) in [5.41, 5.74) is 0.666. The number of nitrogens with zero attached hydrogens (tertiary/aromatic N) is 1. The first-order valence-corrected chi connectivity index (χ1v) is 7.00. The SMILES string of the molecule is CC(c1cc(F)ccc1O)N(C)C1CCCNCC1. The minimum absolute atomic E-state index is 0.0128. The zero-order chi connectivity index (χ0) is 13.8. The maximum Gasteiger partial charge on any atom is 0.123 e. The van der Waals surface area contributed by atoms with E-state index in [1.807, 2.05) is 6.92 Å². The number of benzene rings is 1. The van der Waals surface area contributed by atoms with Crippen molar-refractivity contribution in [2.75, 3.05) is 20.1 Å². The van der Waals surface area contributed by atoms with E-state index >= 15 is 0 Å². The van der Waals surface area contributed by atoms with Gasteiger partial charge in [0.1, 0.15) is 11.6 Å². The van der Waals surface area contributed by atoms with Gasteiger partial charge in [0.2, 0.25) is 0 Å². The molecular formula is C15H23FN2O. The Morgan fingerprint density at radius 2 is 2.16 bits per heavy atom. The van der Waals surface area contributed by atoms with Crippen LogP contribution in [0.2, 0.25) is 0 Å². The summed E-state index contributed by atoms with van der Waals surface area (Å²) >= 11 is 0. The van der Waals surface area contributed by atoms with Crippen molar-refractivity contribution in [3.05, 3.63) is 29.6 Å². The number of phenols is 1. The highest BCUT2D eigenvalue weighted by Gasteiger charge is 2.23. The number of phenolic OH excluding ortho intramolecular Hbond substituents is 1. The van der Waals surface area contributed by atoms with Crippen molar-refractivity contribution >= 4 is 0 Å². The maximum absolute atomic E-state index is 13.3. The molecule has 0 spiro atoms. The summed E-state index contributed by atoms with van der Waals surface area (Å²) in [6, 6.07) is 4.66. The second kappa shape index (κ2) is 6.35. The number of hydrogen-bond acceptors (Lipinski definition) is 3. The summed E-state index contributed by atoms with van der Waals surface area (Å²) in [7, 11) is 2.06. The molecule has 1 saturated heterocycles. The van der Waals surface area contributed by atoms with Crippen LogP contribution >= 0.6 is 0 Å². The minimum Gasteiger partial charge on any atom is -0.508 e. The highest BCUT2D eigenvalue weighted by atomic mass is 19.1. The van der Waals surface area contributed by atoms with Gasteiger partial charge in [0.25, 0.3) is 0 Å². The topological polar surface area (TPSA) is 35.5 Å². The van der Waals surface area contributed by atoms with E-state index in [1.54, 1.807) is 0 Å². The predicted molar refractivity (Wildman–Crippen MR) is 74.8 cm³/mol. The zero-order valence-corrected chi connectivity index (χ0v) is 11.7. The third-order valence-corrected chi connectivity index (χ3v) is 4.17. The molecule has 1 aromatic rings. The van der Waals surface area contributed by atoms with E-state index < -0.39 is 0 Å². The first kappa shape index (κ1) is 14.3. The molecule has 2 N–H and O–H groups in total. The van der Waals surface area contributed by atoms with Crippen LogP contribution in [0.5, 0.6) is 5.75 Å². The lowest BCUT2D eigenvalue weighted by atomic mass is 10.0. The summed E-state index contributed by atoms with van der Waals surface area (Å²) in [5.74, 6) is -0.122. The fourth-order valence-corrected chi connectivity index (χ4v) is 2.80. The van der Waals surface area contributed by atoms with Gasteiger partial charge < -0.3 is 10.4 Å². The number of halogens is 1. The third kappa shape index (κ3) is 3.45. The molecule has 0 radical (unpaired) electrons. The number of nitrogens with one attached hydrogen (secondary N) is 1. The molecule has 2 rings (SSSR count). The van der Waals surface area contributed by atoms with Crippen molar-refractivity contribution in [2.45, 2.75) is 38.3 Å².